The maximum absolute atomic E-state index is 13.6. The number of fused-ring (bicyclic) bond motifs is 1. The van der Waals surface area contributed by atoms with Gasteiger partial charge in [-0.15, -0.1) is 0 Å². The SMILES string of the molecule is CCCC[C@]1(CC)CS(=O)(=O)c2cc(CBr)c(OC)cc2[C@@H](c2ccccc2)N1. The van der Waals surface area contributed by atoms with E-state index in [1.165, 1.54) is 0 Å². The number of methoxy groups -OCH3 is 1. The van der Waals surface area contributed by atoms with E-state index in [1.54, 1.807) is 13.2 Å². The van der Waals surface area contributed by atoms with Gasteiger partial charge in [-0.2, -0.15) is 0 Å². The lowest BCUT2D eigenvalue weighted by atomic mass is 9.88. The fourth-order valence-electron chi connectivity index (χ4n) is 4.22. The summed E-state index contributed by atoms with van der Waals surface area (Å²) >= 11 is 3.47. The van der Waals surface area contributed by atoms with Crippen LogP contribution in [0.3, 0.4) is 0 Å². The van der Waals surface area contributed by atoms with Gasteiger partial charge in [0.2, 0.25) is 0 Å². The number of hydrogen-bond donors (Lipinski definition) is 1. The lowest BCUT2D eigenvalue weighted by Gasteiger charge is -2.36. The number of unbranched alkanes of at least 4 members (excludes halogenated alkanes) is 1. The molecule has 0 saturated carbocycles. The number of nitrogens with one attached hydrogen (secondary N) is 1. The van der Waals surface area contributed by atoms with Crippen molar-refractivity contribution in [1.29, 1.82) is 0 Å². The molecular formula is C23H30BrNO3S. The Morgan fingerprint density at radius 2 is 1.93 bits per heavy atom. The van der Waals surface area contributed by atoms with Crippen LogP contribution in [-0.2, 0) is 15.2 Å². The van der Waals surface area contributed by atoms with E-state index in [0.717, 1.165) is 42.4 Å². The first-order valence-corrected chi connectivity index (χ1v) is 13.0. The second-order valence-electron chi connectivity index (χ2n) is 7.82. The fourth-order valence-corrected chi connectivity index (χ4v) is 6.83. The Bertz CT molecular complexity index is 946. The number of sulfone groups is 1. The van der Waals surface area contributed by atoms with Gasteiger partial charge in [-0.05, 0) is 36.1 Å². The Labute approximate surface area is 183 Å². The lowest BCUT2D eigenvalue weighted by Crippen LogP contribution is -2.50. The smallest absolute Gasteiger partial charge is 0.180 e. The molecule has 0 aliphatic carbocycles. The van der Waals surface area contributed by atoms with Crippen molar-refractivity contribution in [3.63, 3.8) is 0 Å². The molecule has 3 rings (SSSR count). The second kappa shape index (κ2) is 9.19. The zero-order valence-corrected chi connectivity index (χ0v) is 19.8. The molecule has 1 N–H and O–H groups in total. The van der Waals surface area contributed by atoms with Crippen molar-refractivity contribution < 1.29 is 13.2 Å². The molecule has 6 heteroatoms. The Kier molecular flexibility index (Phi) is 7.07. The highest BCUT2D eigenvalue weighted by molar-refractivity contribution is 9.08. The van der Waals surface area contributed by atoms with Gasteiger partial charge in [0.05, 0.1) is 23.8 Å². The summed E-state index contributed by atoms with van der Waals surface area (Å²) in [6, 6.07) is 13.6. The van der Waals surface area contributed by atoms with Crippen molar-refractivity contribution in [2.24, 2.45) is 0 Å². The molecule has 0 unspecified atom stereocenters. The number of ether oxygens (including phenoxy) is 1. The third-order valence-electron chi connectivity index (χ3n) is 5.94. The van der Waals surface area contributed by atoms with Crippen molar-refractivity contribution in [3.05, 3.63) is 59.2 Å². The molecule has 1 heterocycles. The third-order valence-corrected chi connectivity index (χ3v) is 8.50. The predicted octanol–water partition coefficient (Wildman–Crippen LogP) is 5.40. The molecule has 0 amide bonds. The largest absolute Gasteiger partial charge is 0.496 e. The molecule has 158 valence electrons. The Balaban J connectivity index is 2.27. The number of alkyl halides is 1. The van der Waals surface area contributed by atoms with Gasteiger partial charge in [-0.3, -0.25) is 5.32 Å². The van der Waals surface area contributed by atoms with E-state index in [1.807, 2.05) is 24.3 Å². The van der Waals surface area contributed by atoms with Gasteiger partial charge in [-0.1, -0.05) is 73.0 Å². The van der Waals surface area contributed by atoms with Crippen LogP contribution in [0.4, 0.5) is 0 Å². The Morgan fingerprint density at radius 3 is 2.52 bits per heavy atom. The van der Waals surface area contributed by atoms with E-state index < -0.39 is 15.4 Å². The molecule has 4 nitrogen and oxygen atoms in total. The first-order chi connectivity index (χ1) is 13.9. The monoisotopic (exact) mass is 479 g/mol. The molecule has 29 heavy (non-hydrogen) atoms. The van der Waals surface area contributed by atoms with Crippen molar-refractivity contribution >= 4 is 25.8 Å². The predicted molar refractivity (Wildman–Crippen MR) is 122 cm³/mol. The van der Waals surface area contributed by atoms with Gasteiger partial charge in [0, 0.05) is 16.4 Å². The maximum Gasteiger partial charge on any atom is 0.180 e. The van der Waals surface area contributed by atoms with Crippen molar-refractivity contribution in [1.82, 2.24) is 5.32 Å². The van der Waals surface area contributed by atoms with Crippen LogP contribution in [0.1, 0.15) is 62.3 Å². The van der Waals surface area contributed by atoms with Crippen LogP contribution in [0.15, 0.2) is 47.4 Å². The molecule has 0 bridgehead atoms. The van der Waals surface area contributed by atoms with E-state index in [9.17, 15) is 8.42 Å². The summed E-state index contributed by atoms with van der Waals surface area (Å²) in [5.41, 5.74) is 2.22. The molecule has 0 aromatic heterocycles. The van der Waals surface area contributed by atoms with Crippen LogP contribution >= 0.6 is 15.9 Å². The topological polar surface area (TPSA) is 55.4 Å². The summed E-state index contributed by atoms with van der Waals surface area (Å²) in [5.74, 6) is 0.817. The molecule has 0 spiro atoms. The Morgan fingerprint density at radius 1 is 1.21 bits per heavy atom. The highest BCUT2D eigenvalue weighted by atomic mass is 79.9. The third kappa shape index (κ3) is 4.54. The summed E-state index contributed by atoms with van der Waals surface area (Å²) in [7, 11) is -1.84. The zero-order chi connectivity index (χ0) is 21.1. The standard InChI is InChI=1S/C23H30BrNO3S/c1-4-6-12-23(5-2)16-29(26,27)21-13-18(15-24)20(28-3)14-19(21)22(25-23)17-10-8-7-9-11-17/h7-11,13-14,22,25H,4-6,12,15-16H2,1-3H3/t22-,23-/m1/s1. The molecule has 2 aromatic rings. The molecular weight excluding hydrogens is 450 g/mol. The Hall–Kier alpha value is -1.37. The summed E-state index contributed by atoms with van der Waals surface area (Å²) in [6.45, 7) is 4.23. The molecule has 1 aliphatic heterocycles. The summed E-state index contributed by atoms with van der Waals surface area (Å²) in [5, 5.41) is 4.32. The molecule has 0 saturated heterocycles. The number of hydrogen-bond acceptors (Lipinski definition) is 4. The molecule has 2 atom stereocenters. The zero-order valence-electron chi connectivity index (χ0n) is 17.4. The van der Waals surface area contributed by atoms with Gasteiger partial charge >= 0.3 is 0 Å². The maximum atomic E-state index is 13.6. The average Bonchev–Trinajstić information content (AvgIpc) is 2.84. The van der Waals surface area contributed by atoms with E-state index >= 15 is 0 Å². The lowest BCUT2D eigenvalue weighted by molar-refractivity contribution is 0.294. The normalized spacial score (nSPS) is 23.2. The minimum absolute atomic E-state index is 0.112. The van der Waals surface area contributed by atoms with Crippen molar-refractivity contribution in [2.75, 3.05) is 12.9 Å². The van der Waals surface area contributed by atoms with Crippen LogP contribution in [0.25, 0.3) is 0 Å². The van der Waals surface area contributed by atoms with E-state index in [4.69, 9.17) is 4.74 Å². The fraction of sp³-hybridized carbons (Fsp3) is 0.478. The first-order valence-electron chi connectivity index (χ1n) is 10.2. The quantitative estimate of drug-likeness (QED) is 0.540. The number of rotatable bonds is 7. The van der Waals surface area contributed by atoms with Crippen molar-refractivity contribution in [3.8, 4) is 5.75 Å². The van der Waals surface area contributed by atoms with Gasteiger partial charge in [0.15, 0.2) is 9.84 Å². The first kappa shape index (κ1) is 22.3. The van der Waals surface area contributed by atoms with Gasteiger partial charge in [-0.25, -0.2) is 8.42 Å². The van der Waals surface area contributed by atoms with E-state index in [-0.39, 0.29) is 11.8 Å². The van der Waals surface area contributed by atoms with E-state index in [2.05, 4.69) is 47.2 Å². The van der Waals surface area contributed by atoms with Crippen LogP contribution in [0, 0.1) is 0 Å². The summed E-state index contributed by atoms with van der Waals surface area (Å²) < 4.78 is 32.7. The molecule has 0 radical (unpaired) electrons. The van der Waals surface area contributed by atoms with Crippen LogP contribution in [0.5, 0.6) is 5.75 Å². The minimum Gasteiger partial charge on any atom is -0.496 e. The van der Waals surface area contributed by atoms with Gasteiger partial charge in [0.25, 0.3) is 0 Å². The molecule has 2 aromatic carbocycles. The highest BCUT2D eigenvalue weighted by Gasteiger charge is 2.42. The molecule has 0 fully saturated rings. The highest BCUT2D eigenvalue weighted by Crippen LogP contribution is 2.41. The summed E-state index contributed by atoms with van der Waals surface area (Å²) in [4.78, 5) is 0.418. The minimum atomic E-state index is -3.47. The van der Waals surface area contributed by atoms with Crippen LogP contribution in [0.2, 0.25) is 0 Å². The van der Waals surface area contributed by atoms with Crippen LogP contribution < -0.4 is 10.1 Å². The second-order valence-corrected chi connectivity index (χ2v) is 10.3. The van der Waals surface area contributed by atoms with E-state index in [0.29, 0.717) is 16.0 Å². The van der Waals surface area contributed by atoms with Gasteiger partial charge < -0.3 is 4.74 Å². The van der Waals surface area contributed by atoms with Crippen molar-refractivity contribution in [2.45, 2.75) is 61.3 Å². The van der Waals surface area contributed by atoms with Gasteiger partial charge in [0.1, 0.15) is 5.75 Å². The van der Waals surface area contributed by atoms with Crippen LogP contribution in [-0.4, -0.2) is 26.8 Å². The number of halogens is 1. The average molecular weight is 480 g/mol. The summed E-state index contributed by atoms with van der Waals surface area (Å²) in [6.07, 6.45) is 3.61. The number of benzene rings is 2. The molecule has 1 aliphatic rings.